The van der Waals surface area contributed by atoms with Crippen molar-refractivity contribution in [2.45, 2.75) is 18.9 Å². The van der Waals surface area contributed by atoms with Crippen molar-refractivity contribution >= 4 is 51.7 Å². The van der Waals surface area contributed by atoms with E-state index in [1.54, 1.807) is 17.5 Å². The van der Waals surface area contributed by atoms with Gasteiger partial charge in [-0.05, 0) is 30.7 Å². The summed E-state index contributed by atoms with van der Waals surface area (Å²) in [6.07, 6.45) is 0.0808. The zero-order valence-electron chi connectivity index (χ0n) is 26.1. The molecule has 0 aliphatic carbocycles. The van der Waals surface area contributed by atoms with E-state index in [1.807, 2.05) is 4.90 Å². The van der Waals surface area contributed by atoms with Crippen LogP contribution >= 0.6 is 11.3 Å². The molecule has 0 saturated carbocycles. The van der Waals surface area contributed by atoms with Crippen LogP contribution in [-0.4, -0.2) is 105 Å². The highest BCUT2D eigenvalue weighted by Crippen LogP contribution is 2.37. The normalized spacial score (nSPS) is 17.6. The number of imide groups is 2. The molecule has 1 unspecified atom stereocenters. The molecule has 17 heteroatoms. The second-order valence-corrected chi connectivity index (χ2v) is 12.0. The smallest absolute Gasteiger partial charge is 0.264 e. The first kappa shape index (κ1) is 33.9. The first-order valence-corrected chi connectivity index (χ1v) is 16.4. The van der Waals surface area contributed by atoms with Crippen LogP contribution in [0.15, 0.2) is 35.7 Å². The summed E-state index contributed by atoms with van der Waals surface area (Å²) >= 11 is 1.36. The summed E-state index contributed by atoms with van der Waals surface area (Å²) in [7, 11) is 0. The Bertz CT molecular complexity index is 1780. The molecule has 2 saturated heterocycles. The standard InChI is InChI=1S/C32H32F2N6O8S/c33-20-5-4-18(22-17-49-32(37-22)39-10-14-47-15-11-39)28(27(20)34)48-16-25(42)36-9-13-46-12-8-35-21-3-1-2-19-26(21)31(45)40(30(19)44)23-6-7-24(41)38-29(23)43/h1-5,17,23,35H,6-16H2,(H,36,42)(H,38,41,43). The lowest BCUT2D eigenvalue weighted by Gasteiger charge is -2.27. The number of carbonyl (C=O) groups excluding carboxylic acids is 5. The van der Waals surface area contributed by atoms with E-state index in [1.165, 1.54) is 23.5 Å². The third kappa shape index (κ3) is 7.38. The number of benzene rings is 2. The van der Waals surface area contributed by atoms with Crippen LogP contribution in [0, 0.1) is 11.6 Å². The number of hydrogen-bond donors (Lipinski definition) is 3. The van der Waals surface area contributed by atoms with Crippen LogP contribution in [-0.2, 0) is 23.9 Å². The predicted molar refractivity (Wildman–Crippen MR) is 171 cm³/mol. The Labute approximate surface area is 282 Å². The van der Waals surface area contributed by atoms with Crippen LogP contribution in [0.25, 0.3) is 11.3 Å². The van der Waals surface area contributed by atoms with E-state index in [9.17, 15) is 32.8 Å². The van der Waals surface area contributed by atoms with E-state index in [4.69, 9.17) is 14.2 Å². The molecular formula is C32H32F2N6O8S. The van der Waals surface area contributed by atoms with Crippen molar-refractivity contribution in [3.8, 4) is 17.0 Å². The van der Waals surface area contributed by atoms with Gasteiger partial charge in [0, 0.05) is 49.2 Å². The lowest BCUT2D eigenvalue weighted by molar-refractivity contribution is -0.136. The molecule has 4 heterocycles. The second-order valence-electron chi connectivity index (χ2n) is 11.2. The maximum absolute atomic E-state index is 14.8. The molecule has 3 aliphatic rings. The zero-order chi connectivity index (χ0) is 34.5. The summed E-state index contributed by atoms with van der Waals surface area (Å²) in [5.74, 6) is -5.70. The zero-order valence-corrected chi connectivity index (χ0v) is 26.9. The average Bonchev–Trinajstić information content (AvgIpc) is 3.69. The van der Waals surface area contributed by atoms with Gasteiger partial charge in [-0.1, -0.05) is 6.07 Å². The van der Waals surface area contributed by atoms with Gasteiger partial charge in [-0.15, -0.1) is 11.3 Å². The van der Waals surface area contributed by atoms with E-state index in [0.717, 1.165) is 16.1 Å². The van der Waals surface area contributed by atoms with Gasteiger partial charge in [0.2, 0.25) is 17.6 Å². The van der Waals surface area contributed by atoms with Gasteiger partial charge in [0.1, 0.15) is 6.04 Å². The van der Waals surface area contributed by atoms with Crippen LogP contribution in [0.5, 0.6) is 5.75 Å². The fraction of sp³-hybridized carbons (Fsp3) is 0.375. The second kappa shape index (κ2) is 15.0. The number of morpholine rings is 1. The van der Waals surface area contributed by atoms with Gasteiger partial charge in [0.25, 0.3) is 17.7 Å². The summed E-state index contributed by atoms with van der Waals surface area (Å²) in [4.78, 5) is 69.9. The molecule has 3 N–H and O–H groups in total. The molecule has 3 aliphatic heterocycles. The number of ether oxygens (including phenoxy) is 3. The van der Waals surface area contributed by atoms with E-state index in [-0.39, 0.29) is 55.8 Å². The van der Waals surface area contributed by atoms with Crippen LogP contribution in [0.4, 0.5) is 19.6 Å². The lowest BCUT2D eigenvalue weighted by atomic mass is 10.0. The van der Waals surface area contributed by atoms with Crippen molar-refractivity contribution in [2.75, 3.05) is 69.4 Å². The quantitative estimate of drug-likeness (QED) is 0.176. The average molecular weight is 699 g/mol. The molecule has 0 bridgehead atoms. The molecular weight excluding hydrogens is 666 g/mol. The third-order valence-corrected chi connectivity index (χ3v) is 8.95. The van der Waals surface area contributed by atoms with Gasteiger partial charge in [-0.2, -0.15) is 4.39 Å². The number of amides is 5. The summed E-state index contributed by atoms with van der Waals surface area (Å²) in [6, 6.07) is 6.01. The number of nitrogens with zero attached hydrogens (tertiary/aromatic N) is 3. The highest BCUT2D eigenvalue weighted by molar-refractivity contribution is 7.14. The van der Waals surface area contributed by atoms with Gasteiger partial charge in [0.15, 0.2) is 23.3 Å². The number of fused-ring (bicyclic) bond motifs is 1. The number of aromatic nitrogens is 1. The minimum Gasteiger partial charge on any atom is -0.480 e. The third-order valence-electron chi connectivity index (χ3n) is 8.05. The number of piperidine rings is 1. The Morgan fingerprint density at radius 2 is 1.84 bits per heavy atom. The summed E-state index contributed by atoms with van der Waals surface area (Å²) in [6.45, 7) is 2.54. The van der Waals surface area contributed by atoms with E-state index < -0.39 is 59.6 Å². The van der Waals surface area contributed by atoms with E-state index >= 15 is 0 Å². The fourth-order valence-corrected chi connectivity index (χ4v) is 6.52. The van der Waals surface area contributed by atoms with Crippen LogP contribution in [0.1, 0.15) is 33.6 Å². The van der Waals surface area contributed by atoms with E-state index in [2.05, 4.69) is 20.9 Å². The number of rotatable bonds is 13. The number of nitrogens with one attached hydrogen (secondary N) is 3. The molecule has 0 radical (unpaired) electrons. The molecule has 14 nitrogen and oxygen atoms in total. The van der Waals surface area contributed by atoms with Gasteiger partial charge in [-0.3, -0.25) is 34.2 Å². The number of hydrogen-bond acceptors (Lipinski definition) is 12. The van der Waals surface area contributed by atoms with Crippen molar-refractivity contribution < 1.29 is 47.0 Å². The molecule has 1 atom stereocenters. The van der Waals surface area contributed by atoms with Crippen LogP contribution < -0.4 is 25.6 Å². The molecule has 5 amide bonds. The number of anilines is 2. The summed E-state index contributed by atoms with van der Waals surface area (Å²) in [5, 5.41) is 10.3. The first-order chi connectivity index (χ1) is 23.7. The molecule has 6 rings (SSSR count). The lowest BCUT2D eigenvalue weighted by Crippen LogP contribution is -2.54. The monoisotopic (exact) mass is 698 g/mol. The van der Waals surface area contributed by atoms with Gasteiger partial charge >= 0.3 is 0 Å². The van der Waals surface area contributed by atoms with Crippen LogP contribution in [0.3, 0.4) is 0 Å². The van der Waals surface area contributed by atoms with Crippen molar-refractivity contribution in [1.82, 2.24) is 20.5 Å². The Morgan fingerprint density at radius 3 is 2.63 bits per heavy atom. The largest absolute Gasteiger partial charge is 0.480 e. The summed E-state index contributed by atoms with van der Waals surface area (Å²) in [5.41, 5.74) is 1.29. The first-order valence-electron chi connectivity index (χ1n) is 15.5. The maximum Gasteiger partial charge on any atom is 0.264 e. The van der Waals surface area contributed by atoms with Gasteiger partial charge < -0.3 is 29.7 Å². The Balaban J connectivity index is 0.947. The molecule has 2 fully saturated rings. The topological polar surface area (TPSA) is 168 Å². The molecule has 1 aromatic heterocycles. The Morgan fingerprint density at radius 1 is 1.04 bits per heavy atom. The maximum atomic E-state index is 14.8. The van der Waals surface area contributed by atoms with E-state index in [0.29, 0.717) is 37.7 Å². The minimum absolute atomic E-state index is 0.0241. The molecule has 0 spiro atoms. The Kier molecular flexibility index (Phi) is 10.4. The summed E-state index contributed by atoms with van der Waals surface area (Å²) < 4.78 is 45.2. The van der Waals surface area contributed by atoms with Crippen molar-refractivity contribution in [3.63, 3.8) is 0 Å². The molecule has 258 valence electrons. The van der Waals surface area contributed by atoms with Crippen molar-refractivity contribution in [1.29, 1.82) is 0 Å². The predicted octanol–water partition coefficient (Wildman–Crippen LogP) is 1.95. The number of halogens is 2. The Hall–Kier alpha value is -5.00. The fourth-order valence-electron chi connectivity index (χ4n) is 5.64. The molecule has 3 aromatic rings. The van der Waals surface area contributed by atoms with Crippen molar-refractivity contribution in [3.05, 3.63) is 58.5 Å². The van der Waals surface area contributed by atoms with Gasteiger partial charge in [0.05, 0.1) is 43.2 Å². The SMILES string of the molecule is O=C(COc1c(-c2csc(N3CCOCC3)n2)ccc(F)c1F)NCCOCCNc1cccc2c1C(=O)N(C1CCC(=O)NC1=O)C2=O. The van der Waals surface area contributed by atoms with Gasteiger partial charge in [-0.25, -0.2) is 9.37 Å². The highest BCUT2D eigenvalue weighted by Gasteiger charge is 2.45. The van der Waals surface area contributed by atoms with Crippen molar-refractivity contribution in [2.24, 2.45) is 0 Å². The highest BCUT2D eigenvalue weighted by atomic mass is 32.1. The van der Waals surface area contributed by atoms with Crippen LogP contribution in [0.2, 0.25) is 0 Å². The number of thiazole rings is 1. The molecule has 49 heavy (non-hydrogen) atoms. The molecule has 2 aromatic carbocycles. The number of carbonyl (C=O) groups is 5. The minimum atomic E-state index is -1.22.